The summed E-state index contributed by atoms with van der Waals surface area (Å²) in [6.45, 7) is 4.48. The van der Waals surface area contributed by atoms with Gasteiger partial charge in [-0.15, -0.1) is 0 Å². The summed E-state index contributed by atoms with van der Waals surface area (Å²) >= 11 is 0. The van der Waals surface area contributed by atoms with E-state index in [1.165, 1.54) is 19.1 Å². The Balaban J connectivity index is -0.000000260. The number of hydrogen-bond acceptors (Lipinski definition) is 1. The highest BCUT2D eigenvalue weighted by Crippen LogP contribution is 2.16. The van der Waals surface area contributed by atoms with E-state index in [9.17, 15) is 0 Å². The molecule has 1 rings (SSSR count). The predicted molar refractivity (Wildman–Crippen MR) is 71.4 cm³/mol. The molecule has 0 saturated heterocycles. The van der Waals surface area contributed by atoms with Crippen molar-refractivity contribution >= 4 is 8.05 Å². The second-order valence-electron chi connectivity index (χ2n) is 2.96. The fraction of sp³-hybridized carbons (Fsp3) is 0.538. The molecular weight excluding hydrogens is 183 g/mol. The summed E-state index contributed by atoms with van der Waals surface area (Å²) in [5.74, 6) is 0.709. The average molecular weight is 208 g/mol. The van der Waals surface area contributed by atoms with E-state index >= 15 is 0 Å². The normalized spacial score (nSPS) is 9.80. The SMILES string of the molecule is C.C.CCC(C)c1ccccc1.[B]OC. The minimum Gasteiger partial charge on any atom is -0.450 e. The molecule has 0 bridgehead atoms. The Kier molecular flexibility index (Phi) is 17.5. The van der Waals surface area contributed by atoms with Gasteiger partial charge in [-0.05, 0) is 17.9 Å². The molecule has 0 N–H and O–H groups in total. The lowest BCUT2D eigenvalue weighted by molar-refractivity contribution is 0.460. The average Bonchev–Trinajstić information content (AvgIpc) is 2.19. The van der Waals surface area contributed by atoms with E-state index in [0.717, 1.165) is 0 Å². The first-order chi connectivity index (χ1) is 6.26. The van der Waals surface area contributed by atoms with E-state index < -0.39 is 0 Å². The Hall–Kier alpha value is -0.755. The molecule has 0 aliphatic heterocycles. The lowest BCUT2D eigenvalue weighted by Crippen LogP contribution is -1.88. The molecule has 2 radical (unpaired) electrons. The molecule has 0 saturated carbocycles. The van der Waals surface area contributed by atoms with Crippen LogP contribution in [-0.2, 0) is 4.65 Å². The molecule has 0 aromatic heterocycles. The molecule has 0 heterocycles. The monoisotopic (exact) mass is 208 g/mol. The van der Waals surface area contributed by atoms with Crippen LogP contribution in [0.3, 0.4) is 0 Å². The van der Waals surface area contributed by atoms with Crippen molar-refractivity contribution in [3.63, 3.8) is 0 Å². The zero-order chi connectivity index (χ0) is 10.1. The molecule has 15 heavy (non-hydrogen) atoms. The molecule has 0 amide bonds. The smallest absolute Gasteiger partial charge is 0.282 e. The molecule has 0 aliphatic carbocycles. The van der Waals surface area contributed by atoms with Crippen LogP contribution in [0.5, 0.6) is 0 Å². The lowest BCUT2D eigenvalue weighted by Gasteiger charge is -2.06. The van der Waals surface area contributed by atoms with Gasteiger partial charge in [0.15, 0.2) is 0 Å². The third-order valence-electron chi connectivity index (χ3n) is 1.98. The summed E-state index contributed by atoms with van der Waals surface area (Å²) in [6, 6.07) is 10.6. The molecule has 1 atom stereocenters. The van der Waals surface area contributed by atoms with Gasteiger partial charge < -0.3 is 4.65 Å². The van der Waals surface area contributed by atoms with Crippen molar-refractivity contribution < 1.29 is 4.65 Å². The highest BCUT2D eigenvalue weighted by molar-refractivity contribution is 5.97. The maximum absolute atomic E-state index is 4.35. The summed E-state index contributed by atoms with van der Waals surface area (Å²) in [5.41, 5.74) is 1.45. The van der Waals surface area contributed by atoms with Crippen LogP contribution in [0.15, 0.2) is 30.3 Å². The van der Waals surface area contributed by atoms with E-state index in [1.54, 1.807) is 0 Å². The van der Waals surface area contributed by atoms with Crippen molar-refractivity contribution in [1.29, 1.82) is 0 Å². The second kappa shape index (κ2) is 13.2. The fourth-order valence-electron chi connectivity index (χ4n) is 1.02. The number of benzene rings is 1. The van der Waals surface area contributed by atoms with Gasteiger partial charge in [0.2, 0.25) is 0 Å². The molecule has 0 fully saturated rings. The highest BCUT2D eigenvalue weighted by Gasteiger charge is 1.98. The second-order valence-corrected chi connectivity index (χ2v) is 2.96. The van der Waals surface area contributed by atoms with Crippen LogP contribution in [0.2, 0.25) is 0 Å². The molecule has 1 aromatic rings. The third kappa shape index (κ3) is 9.55. The van der Waals surface area contributed by atoms with Gasteiger partial charge in [-0.3, -0.25) is 0 Å². The van der Waals surface area contributed by atoms with E-state index in [0.29, 0.717) is 5.92 Å². The van der Waals surface area contributed by atoms with Crippen LogP contribution in [0.25, 0.3) is 0 Å². The van der Waals surface area contributed by atoms with Crippen LogP contribution >= 0.6 is 0 Å². The quantitative estimate of drug-likeness (QED) is 0.662. The number of rotatable bonds is 2. The molecule has 1 aromatic carbocycles. The Morgan fingerprint density at radius 1 is 1.20 bits per heavy atom. The van der Waals surface area contributed by atoms with Crippen molar-refractivity contribution in [2.45, 2.75) is 41.0 Å². The summed E-state index contributed by atoms with van der Waals surface area (Å²) in [5, 5.41) is 0. The molecule has 1 unspecified atom stereocenters. The Bertz CT molecular complexity index is 199. The molecular formula is C13H25BO. The van der Waals surface area contributed by atoms with Crippen molar-refractivity contribution in [1.82, 2.24) is 0 Å². The van der Waals surface area contributed by atoms with Gasteiger partial charge in [0.25, 0.3) is 8.05 Å². The summed E-state index contributed by atoms with van der Waals surface area (Å²) in [6.07, 6.45) is 1.23. The zero-order valence-corrected chi connectivity index (χ0v) is 8.66. The van der Waals surface area contributed by atoms with E-state index in [-0.39, 0.29) is 14.9 Å². The topological polar surface area (TPSA) is 9.23 Å². The Morgan fingerprint density at radius 2 is 1.60 bits per heavy atom. The van der Waals surface area contributed by atoms with Crippen LogP contribution in [0.1, 0.15) is 46.6 Å². The first-order valence-corrected chi connectivity index (χ1v) is 4.54. The van der Waals surface area contributed by atoms with Crippen LogP contribution in [0.4, 0.5) is 0 Å². The Morgan fingerprint density at radius 3 is 1.93 bits per heavy atom. The maximum atomic E-state index is 4.35. The van der Waals surface area contributed by atoms with Crippen LogP contribution < -0.4 is 0 Å². The van der Waals surface area contributed by atoms with Crippen molar-refractivity contribution in [3.8, 4) is 0 Å². The molecule has 0 aliphatic rings. The van der Waals surface area contributed by atoms with E-state index in [4.69, 9.17) is 0 Å². The van der Waals surface area contributed by atoms with Crippen molar-refractivity contribution in [3.05, 3.63) is 35.9 Å². The minimum atomic E-state index is 0. The third-order valence-corrected chi connectivity index (χ3v) is 1.98. The molecule has 2 heteroatoms. The molecule has 0 spiro atoms. The van der Waals surface area contributed by atoms with Gasteiger partial charge in [-0.25, -0.2) is 0 Å². The Labute approximate surface area is 97.3 Å². The first kappa shape index (κ1) is 19.8. The first-order valence-electron chi connectivity index (χ1n) is 4.54. The van der Waals surface area contributed by atoms with Crippen molar-refractivity contribution in [2.24, 2.45) is 0 Å². The maximum Gasteiger partial charge on any atom is 0.282 e. The van der Waals surface area contributed by atoms with E-state index in [1.807, 2.05) is 0 Å². The standard InChI is InChI=1S/C10H14.CH3BO.2CH4/c1-3-9(2)10-7-5-4-6-8-10;1-3-2;;/h4-9H,3H2,1-2H3;1H3;2*1H4. The van der Waals surface area contributed by atoms with Crippen LogP contribution in [0, 0.1) is 0 Å². The minimum absolute atomic E-state index is 0. The van der Waals surface area contributed by atoms with Crippen molar-refractivity contribution in [2.75, 3.05) is 7.11 Å². The summed E-state index contributed by atoms with van der Waals surface area (Å²) in [4.78, 5) is 0. The van der Waals surface area contributed by atoms with Gasteiger partial charge in [-0.1, -0.05) is 59.0 Å². The fourth-order valence-corrected chi connectivity index (χ4v) is 1.02. The summed E-state index contributed by atoms with van der Waals surface area (Å²) < 4.78 is 3.75. The van der Waals surface area contributed by atoms with Gasteiger partial charge in [0.05, 0.1) is 0 Å². The molecule has 1 nitrogen and oxygen atoms in total. The predicted octanol–water partition coefficient (Wildman–Crippen LogP) is 4.19. The van der Waals surface area contributed by atoms with Gasteiger partial charge in [0, 0.05) is 7.11 Å². The van der Waals surface area contributed by atoms with E-state index in [2.05, 4.69) is 56.9 Å². The lowest BCUT2D eigenvalue weighted by atomic mass is 9.99. The highest BCUT2D eigenvalue weighted by atomic mass is 16.4. The van der Waals surface area contributed by atoms with Crippen LogP contribution in [-0.4, -0.2) is 15.2 Å². The van der Waals surface area contributed by atoms with Gasteiger partial charge in [0.1, 0.15) is 0 Å². The van der Waals surface area contributed by atoms with Gasteiger partial charge >= 0.3 is 0 Å². The zero-order valence-electron chi connectivity index (χ0n) is 8.66. The largest absolute Gasteiger partial charge is 0.450 e. The summed E-state index contributed by atoms with van der Waals surface area (Å²) in [7, 11) is 5.75. The number of hydrogen-bond donors (Lipinski definition) is 0. The molecule has 86 valence electrons. The van der Waals surface area contributed by atoms with Gasteiger partial charge in [-0.2, -0.15) is 0 Å².